The summed E-state index contributed by atoms with van der Waals surface area (Å²) in [5.74, 6) is 0.0882. The van der Waals surface area contributed by atoms with Gasteiger partial charge in [-0.15, -0.1) is 0 Å². The Morgan fingerprint density at radius 2 is 1.96 bits per heavy atom. The van der Waals surface area contributed by atoms with Crippen molar-refractivity contribution in [3.8, 4) is 6.07 Å². The van der Waals surface area contributed by atoms with E-state index in [9.17, 15) is 14.4 Å². The number of aromatic amines is 1. The van der Waals surface area contributed by atoms with Crippen molar-refractivity contribution in [1.29, 1.82) is 5.26 Å². The summed E-state index contributed by atoms with van der Waals surface area (Å²) in [5.41, 5.74) is 0.706. The summed E-state index contributed by atoms with van der Waals surface area (Å²) in [6.45, 7) is 0. The summed E-state index contributed by atoms with van der Waals surface area (Å²) < 4.78 is 15.1. The summed E-state index contributed by atoms with van der Waals surface area (Å²) in [7, 11) is 0. The molecule has 0 aliphatic heterocycles. The molecule has 1 saturated carbocycles. The van der Waals surface area contributed by atoms with Crippen LogP contribution in [0.2, 0.25) is 0 Å². The van der Waals surface area contributed by atoms with Gasteiger partial charge in [-0.2, -0.15) is 10.4 Å². The Morgan fingerprint density at radius 1 is 1.22 bits per heavy atom. The molecular formula is C20H20FN5O. The van der Waals surface area contributed by atoms with Crippen molar-refractivity contribution in [2.45, 2.75) is 44.1 Å². The second-order valence-electron chi connectivity index (χ2n) is 7.08. The van der Waals surface area contributed by atoms with Crippen molar-refractivity contribution in [3.05, 3.63) is 52.7 Å². The van der Waals surface area contributed by atoms with Crippen molar-refractivity contribution in [1.82, 2.24) is 14.8 Å². The first-order valence-electron chi connectivity index (χ1n) is 9.13. The minimum absolute atomic E-state index is 0.244. The van der Waals surface area contributed by atoms with Crippen LogP contribution < -0.4 is 10.9 Å². The van der Waals surface area contributed by atoms with Crippen molar-refractivity contribution in [2.75, 3.05) is 5.32 Å². The molecule has 6 nitrogen and oxygen atoms in total. The highest BCUT2D eigenvalue weighted by Crippen LogP contribution is 2.40. The van der Waals surface area contributed by atoms with E-state index in [2.05, 4.69) is 16.4 Å². The molecule has 0 atom stereocenters. The Bertz CT molecular complexity index is 1050. The van der Waals surface area contributed by atoms with Gasteiger partial charge in [-0.3, -0.25) is 9.48 Å². The number of halogens is 1. The minimum atomic E-state index is -0.401. The molecule has 2 heterocycles. The molecule has 0 unspecified atom stereocenters. The third-order valence-corrected chi connectivity index (χ3v) is 5.35. The second kappa shape index (κ2) is 6.88. The summed E-state index contributed by atoms with van der Waals surface area (Å²) in [6.07, 6.45) is 6.90. The number of benzene rings is 1. The van der Waals surface area contributed by atoms with E-state index in [0.29, 0.717) is 28.8 Å². The number of anilines is 2. The summed E-state index contributed by atoms with van der Waals surface area (Å²) in [4.78, 5) is 15.2. The molecule has 138 valence electrons. The van der Waals surface area contributed by atoms with E-state index in [1.54, 1.807) is 18.3 Å². The van der Waals surface area contributed by atoms with E-state index < -0.39 is 5.54 Å². The van der Waals surface area contributed by atoms with Gasteiger partial charge in [-0.25, -0.2) is 4.39 Å². The zero-order chi connectivity index (χ0) is 18.9. The first-order valence-corrected chi connectivity index (χ1v) is 9.13. The molecule has 0 radical (unpaired) electrons. The van der Waals surface area contributed by atoms with Crippen LogP contribution in [0.3, 0.4) is 0 Å². The van der Waals surface area contributed by atoms with E-state index in [1.165, 1.54) is 12.1 Å². The average Bonchev–Trinajstić information content (AvgIpc) is 3.05. The lowest BCUT2D eigenvalue weighted by atomic mass is 9.79. The molecule has 1 aliphatic rings. The van der Waals surface area contributed by atoms with Gasteiger partial charge in [0.2, 0.25) is 0 Å². The average molecular weight is 365 g/mol. The predicted octanol–water partition coefficient (Wildman–Crippen LogP) is 4.18. The van der Waals surface area contributed by atoms with E-state index in [0.717, 1.165) is 32.1 Å². The summed E-state index contributed by atoms with van der Waals surface area (Å²) in [5, 5.41) is 17.7. The molecule has 0 saturated heterocycles. The molecule has 1 fully saturated rings. The third-order valence-electron chi connectivity index (χ3n) is 5.35. The molecule has 4 rings (SSSR count). The maximum Gasteiger partial charge on any atom is 0.261 e. The van der Waals surface area contributed by atoms with E-state index in [-0.39, 0.29) is 11.4 Å². The van der Waals surface area contributed by atoms with Gasteiger partial charge in [0, 0.05) is 11.9 Å². The van der Waals surface area contributed by atoms with Crippen LogP contribution in [0.5, 0.6) is 0 Å². The number of aromatic nitrogens is 3. The zero-order valence-corrected chi connectivity index (χ0v) is 14.8. The first-order chi connectivity index (χ1) is 13.1. The Kier molecular flexibility index (Phi) is 4.40. The van der Waals surface area contributed by atoms with Gasteiger partial charge in [-0.05, 0) is 43.2 Å². The van der Waals surface area contributed by atoms with Crippen LogP contribution in [-0.4, -0.2) is 14.8 Å². The van der Waals surface area contributed by atoms with Crippen LogP contribution >= 0.6 is 0 Å². The van der Waals surface area contributed by atoms with Gasteiger partial charge < -0.3 is 10.3 Å². The van der Waals surface area contributed by atoms with Crippen molar-refractivity contribution in [2.24, 2.45) is 0 Å². The quantitative estimate of drug-likeness (QED) is 0.726. The summed E-state index contributed by atoms with van der Waals surface area (Å²) >= 11 is 0. The van der Waals surface area contributed by atoms with Crippen LogP contribution in [0.1, 0.15) is 38.5 Å². The lowest BCUT2D eigenvalue weighted by Gasteiger charge is -2.36. The van der Waals surface area contributed by atoms with Gasteiger partial charge in [0.1, 0.15) is 11.2 Å². The lowest BCUT2D eigenvalue weighted by Crippen LogP contribution is -2.36. The lowest BCUT2D eigenvalue weighted by molar-refractivity contribution is 0.185. The normalized spacial score (nSPS) is 16.1. The molecule has 3 aromatic rings. The van der Waals surface area contributed by atoms with E-state index in [1.807, 2.05) is 10.7 Å². The number of pyridine rings is 1. The standard InChI is InChI=1S/C20H20FN5O/c21-14-4-6-15(7-5-14)24-18-17-16(8-13-23-19(17)27)26(25-18)20(11-12-22)9-2-1-3-10-20/h4-8,13H,1-3,9-11H2,(H,23,27)(H,24,25). The number of H-pyrrole nitrogens is 1. The molecule has 7 heteroatoms. The number of nitriles is 1. The molecule has 2 N–H and O–H groups in total. The van der Waals surface area contributed by atoms with Crippen LogP contribution in [0, 0.1) is 17.1 Å². The summed E-state index contributed by atoms with van der Waals surface area (Å²) in [6, 6.07) is 10.0. The van der Waals surface area contributed by atoms with Gasteiger partial charge in [0.15, 0.2) is 5.82 Å². The Morgan fingerprint density at radius 3 is 2.67 bits per heavy atom. The third kappa shape index (κ3) is 3.08. The van der Waals surface area contributed by atoms with Crippen LogP contribution in [0.4, 0.5) is 15.9 Å². The fourth-order valence-electron chi connectivity index (χ4n) is 4.02. The zero-order valence-electron chi connectivity index (χ0n) is 14.8. The number of nitrogens with one attached hydrogen (secondary N) is 2. The van der Waals surface area contributed by atoms with E-state index in [4.69, 9.17) is 5.10 Å². The number of hydrogen-bond acceptors (Lipinski definition) is 4. The Labute approximate surface area is 155 Å². The molecule has 27 heavy (non-hydrogen) atoms. The molecule has 1 aromatic carbocycles. The molecule has 0 amide bonds. The number of hydrogen-bond donors (Lipinski definition) is 2. The van der Waals surface area contributed by atoms with E-state index >= 15 is 0 Å². The SMILES string of the molecule is N#CCC1(n2nc(Nc3ccc(F)cc3)c3c(=O)[nH]ccc32)CCCCC1. The number of nitrogens with zero attached hydrogens (tertiary/aromatic N) is 3. The predicted molar refractivity (Wildman–Crippen MR) is 101 cm³/mol. The van der Waals surface area contributed by atoms with Gasteiger partial charge in [-0.1, -0.05) is 19.3 Å². The fourth-order valence-corrected chi connectivity index (χ4v) is 4.02. The number of rotatable bonds is 4. The monoisotopic (exact) mass is 365 g/mol. The molecular weight excluding hydrogens is 345 g/mol. The van der Waals surface area contributed by atoms with Crippen molar-refractivity contribution >= 4 is 22.4 Å². The topological polar surface area (TPSA) is 86.5 Å². The number of fused-ring (bicyclic) bond motifs is 1. The molecule has 1 aliphatic carbocycles. The van der Waals surface area contributed by atoms with Gasteiger partial charge >= 0.3 is 0 Å². The van der Waals surface area contributed by atoms with Crippen LogP contribution in [-0.2, 0) is 5.54 Å². The fraction of sp³-hybridized carbons (Fsp3) is 0.350. The van der Waals surface area contributed by atoms with Crippen LogP contribution in [0.15, 0.2) is 41.3 Å². The Balaban J connectivity index is 1.87. The van der Waals surface area contributed by atoms with Gasteiger partial charge in [0.25, 0.3) is 5.56 Å². The minimum Gasteiger partial charge on any atom is -0.338 e. The first kappa shape index (κ1) is 17.3. The smallest absolute Gasteiger partial charge is 0.261 e. The highest BCUT2D eigenvalue weighted by Gasteiger charge is 2.37. The van der Waals surface area contributed by atoms with Crippen LogP contribution in [0.25, 0.3) is 10.9 Å². The van der Waals surface area contributed by atoms with Crippen molar-refractivity contribution in [3.63, 3.8) is 0 Å². The molecule has 0 spiro atoms. The maximum absolute atomic E-state index is 13.2. The second-order valence-corrected chi connectivity index (χ2v) is 7.08. The molecule has 2 aromatic heterocycles. The molecule has 0 bridgehead atoms. The van der Waals surface area contributed by atoms with Gasteiger partial charge in [0.05, 0.1) is 23.5 Å². The highest BCUT2D eigenvalue weighted by molar-refractivity contribution is 5.91. The highest BCUT2D eigenvalue weighted by atomic mass is 19.1. The maximum atomic E-state index is 13.2. The Hall–Kier alpha value is -3.14. The van der Waals surface area contributed by atoms with Crippen molar-refractivity contribution < 1.29 is 4.39 Å². The largest absolute Gasteiger partial charge is 0.338 e.